The normalized spacial score (nSPS) is 16.7. The van der Waals surface area contributed by atoms with E-state index in [1.54, 1.807) is 34.4 Å². The predicted octanol–water partition coefficient (Wildman–Crippen LogP) is 4.11. The van der Waals surface area contributed by atoms with Crippen LogP contribution in [0.1, 0.15) is 52.5 Å². The van der Waals surface area contributed by atoms with E-state index in [9.17, 15) is 9.59 Å². The maximum absolute atomic E-state index is 12.1. The third-order valence-electron chi connectivity index (χ3n) is 6.22. The zero-order valence-electron chi connectivity index (χ0n) is 18.7. The van der Waals surface area contributed by atoms with E-state index in [0.717, 1.165) is 60.2 Å². The molecular weight excluding hydrogens is 452 g/mol. The Kier molecular flexibility index (Phi) is 6.55. The van der Waals surface area contributed by atoms with Crippen LogP contribution < -0.4 is 10.5 Å². The summed E-state index contributed by atoms with van der Waals surface area (Å²) >= 11 is 1.62. The molecule has 2 aromatic carbocycles. The van der Waals surface area contributed by atoms with Gasteiger partial charge in [0.2, 0.25) is 11.8 Å². The zero-order valence-corrected chi connectivity index (χ0v) is 19.6. The van der Waals surface area contributed by atoms with Gasteiger partial charge in [-0.25, -0.2) is 0 Å². The minimum absolute atomic E-state index is 0.131. The van der Waals surface area contributed by atoms with Crippen LogP contribution in [0, 0.1) is 0 Å². The fourth-order valence-corrected chi connectivity index (χ4v) is 5.28. The first-order valence-corrected chi connectivity index (χ1v) is 12.3. The van der Waals surface area contributed by atoms with E-state index in [1.807, 2.05) is 24.3 Å². The molecule has 0 saturated carbocycles. The molecular formula is C25H26N4O4S. The van der Waals surface area contributed by atoms with Gasteiger partial charge in [0.15, 0.2) is 0 Å². The van der Waals surface area contributed by atoms with Gasteiger partial charge in [0, 0.05) is 55.3 Å². The molecule has 0 aliphatic carbocycles. The molecule has 2 amide bonds. The van der Waals surface area contributed by atoms with Gasteiger partial charge in [-0.1, -0.05) is 17.4 Å². The molecule has 2 N–H and O–H groups in total. The van der Waals surface area contributed by atoms with Crippen molar-refractivity contribution in [2.24, 2.45) is 5.73 Å². The van der Waals surface area contributed by atoms with Gasteiger partial charge >= 0.3 is 0 Å². The third-order valence-corrected chi connectivity index (χ3v) is 7.36. The molecule has 176 valence electrons. The molecule has 2 fully saturated rings. The Morgan fingerprint density at radius 2 is 1.94 bits per heavy atom. The van der Waals surface area contributed by atoms with Crippen LogP contribution >= 0.6 is 11.3 Å². The monoisotopic (exact) mass is 478 g/mol. The summed E-state index contributed by atoms with van der Waals surface area (Å²) in [4.78, 5) is 25.6. The maximum atomic E-state index is 12.1. The topological polar surface area (TPSA) is 108 Å². The summed E-state index contributed by atoms with van der Waals surface area (Å²) < 4.78 is 11.6. The van der Waals surface area contributed by atoms with Gasteiger partial charge in [-0.15, -0.1) is 10.2 Å². The number of aromatic nitrogens is 2. The van der Waals surface area contributed by atoms with Gasteiger partial charge in [-0.2, -0.15) is 0 Å². The minimum Gasteiger partial charge on any atom is -0.457 e. The van der Waals surface area contributed by atoms with Crippen LogP contribution in [-0.4, -0.2) is 46.7 Å². The summed E-state index contributed by atoms with van der Waals surface area (Å²) in [6, 6.07) is 12.7. The highest BCUT2D eigenvalue weighted by atomic mass is 32.1. The lowest BCUT2D eigenvalue weighted by Gasteiger charge is -2.19. The SMILES string of the molecule is NC(=O)c1ccc(CN2CCCC2=O)c(Oc2ccc(-c3nnc(C4CCOCC4)s3)cc2)c1. The summed E-state index contributed by atoms with van der Waals surface area (Å²) in [5.41, 5.74) is 7.63. The van der Waals surface area contributed by atoms with E-state index in [4.69, 9.17) is 15.2 Å². The van der Waals surface area contributed by atoms with E-state index >= 15 is 0 Å². The van der Waals surface area contributed by atoms with Crippen molar-refractivity contribution in [3.63, 3.8) is 0 Å². The van der Waals surface area contributed by atoms with E-state index in [2.05, 4.69) is 10.2 Å². The molecule has 3 aromatic rings. The Morgan fingerprint density at radius 3 is 2.65 bits per heavy atom. The second-order valence-corrected chi connectivity index (χ2v) is 9.57. The van der Waals surface area contributed by atoms with Crippen molar-refractivity contribution in [2.45, 2.75) is 38.1 Å². The van der Waals surface area contributed by atoms with Gasteiger partial charge in [-0.05, 0) is 55.7 Å². The first-order valence-electron chi connectivity index (χ1n) is 11.5. The second-order valence-electron chi connectivity index (χ2n) is 8.56. The van der Waals surface area contributed by atoms with E-state index in [1.165, 1.54) is 0 Å². The van der Waals surface area contributed by atoms with E-state index in [-0.39, 0.29) is 5.91 Å². The summed E-state index contributed by atoms with van der Waals surface area (Å²) in [7, 11) is 0. The molecule has 1 aromatic heterocycles. The van der Waals surface area contributed by atoms with Crippen LogP contribution in [0.5, 0.6) is 11.5 Å². The molecule has 2 saturated heterocycles. The van der Waals surface area contributed by atoms with Crippen LogP contribution in [0.4, 0.5) is 0 Å². The lowest BCUT2D eigenvalue weighted by atomic mass is 10.0. The minimum atomic E-state index is -0.527. The number of carbonyl (C=O) groups is 2. The van der Waals surface area contributed by atoms with Gasteiger partial charge < -0.3 is 20.1 Å². The maximum Gasteiger partial charge on any atom is 0.248 e. The van der Waals surface area contributed by atoms with Crippen LogP contribution in [0.15, 0.2) is 42.5 Å². The Morgan fingerprint density at radius 1 is 1.15 bits per heavy atom. The number of nitrogens with zero attached hydrogens (tertiary/aromatic N) is 3. The van der Waals surface area contributed by atoms with Crippen molar-refractivity contribution >= 4 is 23.2 Å². The van der Waals surface area contributed by atoms with E-state index < -0.39 is 5.91 Å². The van der Waals surface area contributed by atoms with Crippen molar-refractivity contribution in [1.82, 2.24) is 15.1 Å². The summed E-state index contributed by atoms with van der Waals surface area (Å²) in [5, 5.41) is 10.7. The predicted molar refractivity (Wildman–Crippen MR) is 128 cm³/mol. The molecule has 2 aliphatic heterocycles. The number of hydrogen-bond acceptors (Lipinski definition) is 7. The number of primary amides is 1. The smallest absolute Gasteiger partial charge is 0.248 e. The average Bonchev–Trinajstić information content (AvgIpc) is 3.51. The molecule has 34 heavy (non-hydrogen) atoms. The number of hydrogen-bond donors (Lipinski definition) is 1. The molecule has 0 spiro atoms. The average molecular weight is 479 g/mol. The number of amides is 2. The second kappa shape index (κ2) is 9.90. The van der Waals surface area contributed by atoms with E-state index in [0.29, 0.717) is 35.9 Å². The van der Waals surface area contributed by atoms with Crippen molar-refractivity contribution in [3.05, 3.63) is 58.6 Å². The Labute approximate surface area is 201 Å². The molecule has 0 atom stereocenters. The number of ether oxygens (including phenoxy) is 2. The molecule has 0 bridgehead atoms. The largest absolute Gasteiger partial charge is 0.457 e. The van der Waals surface area contributed by atoms with Gasteiger partial charge in [0.25, 0.3) is 0 Å². The highest BCUT2D eigenvalue weighted by Crippen LogP contribution is 2.34. The van der Waals surface area contributed by atoms with Crippen LogP contribution in [-0.2, 0) is 16.1 Å². The lowest BCUT2D eigenvalue weighted by Crippen LogP contribution is -2.24. The Bertz CT molecular complexity index is 1190. The summed E-state index contributed by atoms with van der Waals surface area (Å²) in [5.74, 6) is 1.16. The molecule has 8 nitrogen and oxygen atoms in total. The first-order chi connectivity index (χ1) is 16.6. The van der Waals surface area contributed by atoms with Gasteiger partial charge in [0.1, 0.15) is 21.5 Å². The highest BCUT2D eigenvalue weighted by Gasteiger charge is 2.23. The van der Waals surface area contributed by atoms with Crippen LogP contribution in [0.25, 0.3) is 10.6 Å². The molecule has 3 heterocycles. The molecule has 0 unspecified atom stereocenters. The standard InChI is InChI=1S/C25H26N4O4S/c26-23(31)18-3-4-19(15-29-11-1-2-22(29)30)21(14-18)33-20-7-5-16(6-8-20)24-27-28-25(34-24)17-9-12-32-13-10-17/h3-8,14,17H,1-2,9-13,15H2,(H2,26,31). The third kappa shape index (κ3) is 4.95. The lowest BCUT2D eigenvalue weighted by molar-refractivity contribution is -0.128. The van der Waals surface area contributed by atoms with Crippen molar-refractivity contribution in [3.8, 4) is 22.1 Å². The van der Waals surface area contributed by atoms with Gasteiger partial charge in [0.05, 0.1) is 0 Å². The highest BCUT2D eigenvalue weighted by molar-refractivity contribution is 7.14. The number of rotatable bonds is 7. The van der Waals surface area contributed by atoms with Crippen molar-refractivity contribution < 1.29 is 19.1 Å². The molecule has 2 aliphatic rings. The Hall–Kier alpha value is -3.30. The fourth-order valence-electron chi connectivity index (χ4n) is 4.26. The van der Waals surface area contributed by atoms with Crippen LogP contribution in [0.2, 0.25) is 0 Å². The quantitative estimate of drug-likeness (QED) is 0.548. The summed E-state index contributed by atoms with van der Waals surface area (Å²) in [6.07, 6.45) is 3.39. The molecule has 0 radical (unpaired) electrons. The Balaban J connectivity index is 1.34. The molecule has 5 rings (SSSR count). The van der Waals surface area contributed by atoms with Crippen LogP contribution in [0.3, 0.4) is 0 Å². The van der Waals surface area contributed by atoms with Crippen molar-refractivity contribution in [2.75, 3.05) is 19.8 Å². The molecule has 9 heteroatoms. The number of nitrogens with two attached hydrogens (primary N) is 1. The number of likely N-dealkylation sites (tertiary alicyclic amines) is 1. The van der Waals surface area contributed by atoms with Gasteiger partial charge in [-0.3, -0.25) is 9.59 Å². The number of carbonyl (C=O) groups excluding carboxylic acids is 2. The first kappa shape index (κ1) is 22.5. The number of benzene rings is 2. The summed E-state index contributed by atoms with van der Waals surface area (Å²) in [6.45, 7) is 2.71. The van der Waals surface area contributed by atoms with Crippen molar-refractivity contribution in [1.29, 1.82) is 0 Å². The zero-order chi connectivity index (χ0) is 23.5. The fraction of sp³-hybridized carbons (Fsp3) is 0.360.